The zero-order valence-corrected chi connectivity index (χ0v) is 14.5. The van der Waals surface area contributed by atoms with E-state index in [-0.39, 0.29) is 23.1 Å². The molecule has 1 aliphatic heterocycles. The number of thiophene rings is 1. The molecule has 0 amide bonds. The average Bonchev–Trinajstić information content (AvgIpc) is 2.97. The molecule has 0 bridgehead atoms. The van der Waals surface area contributed by atoms with Gasteiger partial charge in [-0.15, -0.1) is 11.3 Å². The number of allylic oxidation sites excluding steroid dienone is 2. The molecule has 1 aliphatic carbocycles. The fourth-order valence-corrected chi connectivity index (χ4v) is 4.50. The summed E-state index contributed by atoms with van der Waals surface area (Å²) in [6.45, 7) is 8.21. The van der Waals surface area contributed by atoms with Gasteiger partial charge < -0.3 is 10.1 Å². The number of hydrogen-bond acceptors (Lipinski definition) is 5. The predicted octanol–water partition coefficient (Wildman–Crippen LogP) is 3.38. The summed E-state index contributed by atoms with van der Waals surface area (Å²) in [5.41, 5.74) is 2.17. The molecule has 23 heavy (non-hydrogen) atoms. The van der Waals surface area contributed by atoms with Crippen LogP contribution in [0.5, 0.6) is 0 Å². The minimum atomic E-state index is -0.567. The normalized spacial score (nSPS) is 26.6. The Balaban J connectivity index is 2.16. The Morgan fingerprint density at radius 1 is 1.43 bits per heavy atom. The van der Waals surface area contributed by atoms with Gasteiger partial charge in [-0.1, -0.05) is 26.5 Å². The lowest BCUT2D eigenvalue weighted by Gasteiger charge is -2.41. The van der Waals surface area contributed by atoms with E-state index in [0.717, 1.165) is 22.6 Å². The number of methoxy groups -OCH3 is 1. The van der Waals surface area contributed by atoms with E-state index in [1.807, 2.05) is 17.5 Å². The maximum atomic E-state index is 12.8. The molecule has 1 aromatic heterocycles. The molecule has 2 atom stereocenters. The number of hydrogen-bond donors (Lipinski definition) is 1. The Labute approximate surface area is 140 Å². The van der Waals surface area contributed by atoms with Crippen LogP contribution >= 0.6 is 11.3 Å². The van der Waals surface area contributed by atoms with E-state index in [2.05, 4.69) is 25.7 Å². The lowest BCUT2D eigenvalue weighted by molar-refractivity contribution is -0.144. The van der Waals surface area contributed by atoms with E-state index >= 15 is 0 Å². The van der Waals surface area contributed by atoms with E-state index in [1.54, 1.807) is 11.3 Å². The third kappa shape index (κ3) is 2.74. The average molecular weight is 331 g/mol. The van der Waals surface area contributed by atoms with Gasteiger partial charge in [0.2, 0.25) is 0 Å². The van der Waals surface area contributed by atoms with Crippen molar-refractivity contribution in [2.45, 2.75) is 32.6 Å². The summed E-state index contributed by atoms with van der Waals surface area (Å²) < 4.78 is 4.98. The van der Waals surface area contributed by atoms with Gasteiger partial charge in [-0.2, -0.15) is 0 Å². The van der Waals surface area contributed by atoms with Crippen molar-refractivity contribution < 1.29 is 14.3 Å². The Hall–Kier alpha value is -1.88. The van der Waals surface area contributed by atoms with E-state index in [9.17, 15) is 9.59 Å². The van der Waals surface area contributed by atoms with Crippen LogP contribution < -0.4 is 5.32 Å². The van der Waals surface area contributed by atoms with Crippen molar-refractivity contribution >= 4 is 23.1 Å². The zero-order valence-electron chi connectivity index (χ0n) is 13.6. The first-order chi connectivity index (χ1) is 10.8. The SMILES string of the molecule is C=C1NC2=C(C(=O)CC(C)(C)C2)C(c2cccs2)C1C(=O)OC. The van der Waals surface area contributed by atoms with Gasteiger partial charge in [0.1, 0.15) is 5.92 Å². The zero-order chi connectivity index (χ0) is 16.8. The van der Waals surface area contributed by atoms with Crippen LogP contribution in [0.25, 0.3) is 0 Å². The first kappa shape index (κ1) is 16.0. The number of rotatable bonds is 2. The molecule has 122 valence electrons. The minimum Gasteiger partial charge on any atom is -0.468 e. The quantitative estimate of drug-likeness (QED) is 0.844. The van der Waals surface area contributed by atoms with Crippen LogP contribution in [0.4, 0.5) is 0 Å². The van der Waals surface area contributed by atoms with Crippen LogP contribution in [0.3, 0.4) is 0 Å². The fourth-order valence-electron chi connectivity index (χ4n) is 3.63. The molecule has 2 heterocycles. The number of nitrogens with one attached hydrogen (secondary N) is 1. The van der Waals surface area contributed by atoms with Crippen LogP contribution in [0.1, 0.15) is 37.5 Å². The highest BCUT2D eigenvalue weighted by molar-refractivity contribution is 7.10. The summed E-state index contributed by atoms with van der Waals surface area (Å²) >= 11 is 1.56. The van der Waals surface area contributed by atoms with Gasteiger partial charge in [-0.3, -0.25) is 9.59 Å². The summed E-state index contributed by atoms with van der Waals surface area (Å²) in [4.78, 5) is 26.2. The standard InChI is InChI=1S/C18H21NO3S/c1-10-14(17(21)22-4)16(13-6-5-7-23-13)15-11(19-10)8-18(2,3)9-12(15)20/h5-7,14,16,19H,1,8-9H2,2-4H3. The van der Waals surface area contributed by atoms with Crippen LogP contribution in [0.2, 0.25) is 0 Å². The van der Waals surface area contributed by atoms with Crippen molar-refractivity contribution in [2.75, 3.05) is 7.11 Å². The van der Waals surface area contributed by atoms with Gasteiger partial charge in [-0.25, -0.2) is 0 Å². The molecular weight excluding hydrogens is 310 g/mol. The monoisotopic (exact) mass is 331 g/mol. The summed E-state index contributed by atoms with van der Waals surface area (Å²) in [7, 11) is 1.37. The maximum Gasteiger partial charge on any atom is 0.315 e. The summed E-state index contributed by atoms with van der Waals surface area (Å²) in [6, 6.07) is 3.91. The van der Waals surface area contributed by atoms with Crippen LogP contribution in [0.15, 0.2) is 41.1 Å². The van der Waals surface area contributed by atoms with Gasteiger partial charge in [0.05, 0.1) is 7.11 Å². The third-order valence-electron chi connectivity index (χ3n) is 4.56. The number of carbonyl (C=O) groups is 2. The molecule has 0 saturated carbocycles. The largest absolute Gasteiger partial charge is 0.468 e. The molecule has 2 aliphatic rings. The second kappa shape index (κ2) is 5.64. The maximum absolute atomic E-state index is 12.8. The van der Waals surface area contributed by atoms with Crippen LogP contribution in [-0.4, -0.2) is 18.9 Å². The minimum absolute atomic E-state index is 0.0820. The Morgan fingerprint density at radius 2 is 2.17 bits per heavy atom. The van der Waals surface area contributed by atoms with Gasteiger partial charge >= 0.3 is 5.97 Å². The number of ketones is 1. The third-order valence-corrected chi connectivity index (χ3v) is 5.51. The molecule has 2 unspecified atom stereocenters. The molecular formula is C18H21NO3S. The number of carbonyl (C=O) groups excluding carboxylic acids is 2. The molecule has 0 aromatic carbocycles. The topological polar surface area (TPSA) is 55.4 Å². The molecule has 0 radical (unpaired) electrons. The van der Waals surface area contributed by atoms with Crippen molar-refractivity contribution in [3.8, 4) is 0 Å². The summed E-state index contributed by atoms with van der Waals surface area (Å²) in [6.07, 6.45) is 1.28. The molecule has 1 N–H and O–H groups in total. The van der Waals surface area contributed by atoms with Crippen molar-refractivity contribution in [2.24, 2.45) is 11.3 Å². The van der Waals surface area contributed by atoms with Gasteiger partial charge in [0, 0.05) is 34.2 Å². The second-order valence-electron chi connectivity index (χ2n) is 6.98. The van der Waals surface area contributed by atoms with E-state index in [4.69, 9.17) is 4.74 Å². The highest BCUT2D eigenvalue weighted by atomic mass is 32.1. The Bertz CT molecular complexity index is 700. The van der Waals surface area contributed by atoms with Gasteiger partial charge in [-0.05, 0) is 23.3 Å². The molecule has 4 nitrogen and oxygen atoms in total. The molecule has 5 heteroatoms. The van der Waals surface area contributed by atoms with Crippen LogP contribution in [-0.2, 0) is 14.3 Å². The highest BCUT2D eigenvalue weighted by Gasteiger charge is 2.46. The lowest BCUT2D eigenvalue weighted by Crippen LogP contribution is -2.43. The van der Waals surface area contributed by atoms with Crippen molar-refractivity contribution in [3.05, 3.63) is 45.9 Å². The smallest absolute Gasteiger partial charge is 0.315 e. The fraction of sp³-hybridized carbons (Fsp3) is 0.444. The Kier molecular flexibility index (Phi) is 3.92. The van der Waals surface area contributed by atoms with E-state index < -0.39 is 5.92 Å². The van der Waals surface area contributed by atoms with Crippen molar-refractivity contribution in [3.63, 3.8) is 0 Å². The van der Waals surface area contributed by atoms with E-state index in [0.29, 0.717) is 12.1 Å². The molecule has 0 saturated heterocycles. The molecule has 0 fully saturated rings. The van der Waals surface area contributed by atoms with Crippen molar-refractivity contribution in [1.82, 2.24) is 5.32 Å². The first-order valence-electron chi connectivity index (χ1n) is 7.67. The summed E-state index contributed by atoms with van der Waals surface area (Å²) in [5, 5.41) is 5.19. The van der Waals surface area contributed by atoms with Crippen molar-refractivity contribution in [1.29, 1.82) is 0 Å². The second-order valence-corrected chi connectivity index (χ2v) is 7.96. The molecule has 1 aromatic rings. The van der Waals surface area contributed by atoms with Gasteiger partial charge in [0.25, 0.3) is 0 Å². The number of ether oxygens (including phenoxy) is 1. The highest BCUT2D eigenvalue weighted by Crippen LogP contribution is 2.48. The lowest BCUT2D eigenvalue weighted by atomic mass is 9.68. The number of Topliss-reactive ketones (excluding diaryl/α,β-unsaturated/α-hetero) is 1. The van der Waals surface area contributed by atoms with E-state index in [1.165, 1.54) is 7.11 Å². The van der Waals surface area contributed by atoms with Crippen LogP contribution in [0, 0.1) is 11.3 Å². The van der Waals surface area contributed by atoms with Gasteiger partial charge in [0.15, 0.2) is 5.78 Å². The summed E-state index contributed by atoms with van der Waals surface area (Å²) in [5.74, 6) is -1.11. The predicted molar refractivity (Wildman–Crippen MR) is 89.9 cm³/mol. The number of esters is 1. The molecule has 0 spiro atoms. The Morgan fingerprint density at radius 3 is 2.78 bits per heavy atom. The molecule has 3 rings (SSSR count). The first-order valence-corrected chi connectivity index (χ1v) is 8.55.